The predicted octanol–water partition coefficient (Wildman–Crippen LogP) is 4.08. The fourth-order valence-corrected chi connectivity index (χ4v) is 6.02. The second-order valence-corrected chi connectivity index (χ2v) is 11.8. The van der Waals surface area contributed by atoms with Gasteiger partial charge in [-0.1, -0.05) is 12.6 Å². The Balaban J connectivity index is 1.49. The van der Waals surface area contributed by atoms with E-state index in [1.807, 2.05) is 17.5 Å². The number of piperidine rings is 1. The molecule has 1 amide bonds. The molecule has 0 aliphatic carbocycles. The number of ether oxygens (including phenoxy) is 3. The molecule has 0 unspecified atom stereocenters. The lowest BCUT2D eigenvalue weighted by atomic mass is 9.99. The van der Waals surface area contributed by atoms with Crippen LogP contribution in [0.1, 0.15) is 48.3 Å². The number of hydrogen-bond acceptors (Lipinski definition) is 9. The van der Waals surface area contributed by atoms with Crippen molar-refractivity contribution in [3.63, 3.8) is 0 Å². The predicted molar refractivity (Wildman–Crippen MR) is 158 cm³/mol. The molecule has 0 bridgehead atoms. The Kier molecular flexibility index (Phi) is 10.4. The molecule has 214 valence electrons. The van der Waals surface area contributed by atoms with Gasteiger partial charge in [-0.25, -0.2) is 4.98 Å². The molecule has 2 aromatic rings. The van der Waals surface area contributed by atoms with Crippen molar-refractivity contribution in [1.29, 1.82) is 0 Å². The van der Waals surface area contributed by atoms with Crippen molar-refractivity contribution in [3.05, 3.63) is 47.0 Å². The van der Waals surface area contributed by atoms with Crippen LogP contribution in [0.15, 0.2) is 30.2 Å². The van der Waals surface area contributed by atoms with Gasteiger partial charge in [-0.15, -0.1) is 11.3 Å². The van der Waals surface area contributed by atoms with E-state index in [4.69, 9.17) is 19.2 Å². The van der Waals surface area contributed by atoms with Gasteiger partial charge in [0.15, 0.2) is 5.13 Å². The summed E-state index contributed by atoms with van der Waals surface area (Å²) in [6.45, 7) is 15.3. The Morgan fingerprint density at radius 2 is 2.13 bits per heavy atom. The Labute approximate surface area is 236 Å². The van der Waals surface area contributed by atoms with E-state index in [1.165, 1.54) is 6.42 Å². The molecule has 2 saturated heterocycles. The summed E-state index contributed by atoms with van der Waals surface area (Å²) in [5, 5.41) is 9.36. The van der Waals surface area contributed by atoms with E-state index in [-0.39, 0.29) is 11.4 Å². The molecule has 2 N–H and O–H groups in total. The third kappa shape index (κ3) is 7.79. The first kappa shape index (κ1) is 29.5. The maximum absolute atomic E-state index is 13.2. The van der Waals surface area contributed by atoms with Crippen LogP contribution < -0.4 is 15.5 Å². The van der Waals surface area contributed by atoms with E-state index in [0.29, 0.717) is 49.2 Å². The molecule has 2 fully saturated rings. The number of anilines is 2. The summed E-state index contributed by atoms with van der Waals surface area (Å²) in [6, 6.07) is 6.01. The topological polar surface area (TPSA) is 88.2 Å². The second-order valence-electron chi connectivity index (χ2n) is 10.9. The number of morpholine rings is 1. The van der Waals surface area contributed by atoms with Crippen LogP contribution in [0.25, 0.3) is 5.70 Å². The lowest BCUT2D eigenvalue weighted by Gasteiger charge is -2.42. The number of methoxy groups -OCH3 is 2. The van der Waals surface area contributed by atoms with Gasteiger partial charge in [-0.05, 0) is 50.3 Å². The molecular formula is C29H43N5O4S. The van der Waals surface area contributed by atoms with Crippen molar-refractivity contribution in [2.24, 2.45) is 5.92 Å². The van der Waals surface area contributed by atoms with Gasteiger partial charge >= 0.3 is 0 Å². The molecule has 4 rings (SSSR count). The van der Waals surface area contributed by atoms with Crippen LogP contribution in [0.2, 0.25) is 0 Å². The SMILES string of the molecule is C=C(Nc1ccc(CN2CCOCC2(C)C)cc1C(=O)NCCOC)c1csc(N2CCC[C@@H](COC)C2)n1. The Hall–Kier alpha value is -2.50. The molecular weight excluding hydrogens is 514 g/mol. The van der Waals surface area contributed by atoms with E-state index >= 15 is 0 Å². The molecule has 1 atom stereocenters. The van der Waals surface area contributed by atoms with Crippen molar-refractivity contribution in [1.82, 2.24) is 15.2 Å². The maximum atomic E-state index is 13.2. The molecule has 1 aromatic heterocycles. The van der Waals surface area contributed by atoms with Crippen LogP contribution in [-0.2, 0) is 20.8 Å². The van der Waals surface area contributed by atoms with Gasteiger partial charge in [-0.2, -0.15) is 0 Å². The summed E-state index contributed by atoms with van der Waals surface area (Å²) < 4.78 is 16.2. The van der Waals surface area contributed by atoms with Crippen LogP contribution in [0.4, 0.5) is 10.8 Å². The molecule has 3 heterocycles. The number of nitrogens with one attached hydrogen (secondary N) is 2. The van der Waals surface area contributed by atoms with E-state index in [2.05, 4.69) is 46.9 Å². The minimum Gasteiger partial charge on any atom is -0.384 e. The van der Waals surface area contributed by atoms with E-state index in [9.17, 15) is 4.79 Å². The molecule has 0 saturated carbocycles. The fraction of sp³-hybridized carbons (Fsp3) is 0.586. The first-order chi connectivity index (χ1) is 18.8. The zero-order valence-electron chi connectivity index (χ0n) is 23.8. The molecule has 2 aliphatic rings. The normalized spacial score (nSPS) is 19.6. The molecule has 10 heteroatoms. The van der Waals surface area contributed by atoms with Gasteiger partial charge in [0.25, 0.3) is 5.91 Å². The highest BCUT2D eigenvalue weighted by Gasteiger charge is 2.30. The molecule has 0 spiro atoms. The van der Waals surface area contributed by atoms with Crippen molar-refractivity contribution in [3.8, 4) is 0 Å². The standard InChI is InChI=1S/C29H43N5O4S/c1-21(26-19-39-28(32-26)33-11-6-7-23(16-33)18-37-5)31-25-9-8-22(15-24(25)27(35)30-10-13-36-4)17-34-12-14-38-20-29(34,2)3/h8-9,15,19,23,31H,1,6-7,10-14,16-18,20H2,2-5H3,(H,30,35)/t23-/m1/s1. The summed E-state index contributed by atoms with van der Waals surface area (Å²) in [7, 11) is 3.38. The minimum atomic E-state index is -0.151. The second kappa shape index (κ2) is 13.7. The third-order valence-corrected chi connectivity index (χ3v) is 8.29. The zero-order chi connectivity index (χ0) is 27.8. The van der Waals surface area contributed by atoms with Crippen molar-refractivity contribution in [2.75, 3.05) is 77.0 Å². The Morgan fingerprint density at radius 3 is 2.90 bits per heavy atom. The average Bonchev–Trinajstić information content (AvgIpc) is 3.42. The summed E-state index contributed by atoms with van der Waals surface area (Å²) in [4.78, 5) is 22.8. The number of thiazole rings is 1. The molecule has 1 aromatic carbocycles. The van der Waals surface area contributed by atoms with Crippen LogP contribution in [0.3, 0.4) is 0 Å². The number of benzene rings is 1. The summed E-state index contributed by atoms with van der Waals surface area (Å²) in [6.07, 6.45) is 2.32. The average molecular weight is 558 g/mol. The quantitative estimate of drug-likeness (QED) is 0.378. The smallest absolute Gasteiger partial charge is 0.253 e. The van der Waals surface area contributed by atoms with Gasteiger partial charge in [0.2, 0.25) is 0 Å². The number of hydrogen-bond donors (Lipinski definition) is 2. The highest BCUT2D eigenvalue weighted by atomic mass is 32.1. The summed E-state index contributed by atoms with van der Waals surface area (Å²) >= 11 is 1.63. The van der Waals surface area contributed by atoms with Crippen molar-refractivity contribution < 1.29 is 19.0 Å². The number of carbonyl (C=O) groups is 1. The van der Waals surface area contributed by atoms with Crippen LogP contribution in [0.5, 0.6) is 0 Å². The zero-order valence-corrected chi connectivity index (χ0v) is 24.6. The lowest BCUT2D eigenvalue weighted by molar-refractivity contribution is -0.0552. The summed E-state index contributed by atoms with van der Waals surface area (Å²) in [5.74, 6) is 0.375. The number of nitrogens with zero attached hydrogens (tertiary/aromatic N) is 3. The lowest BCUT2D eigenvalue weighted by Crippen LogP contribution is -2.52. The van der Waals surface area contributed by atoms with Crippen molar-refractivity contribution >= 4 is 33.8 Å². The first-order valence-electron chi connectivity index (χ1n) is 13.7. The van der Waals surface area contributed by atoms with Gasteiger partial charge in [0.05, 0.1) is 49.1 Å². The Morgan fingerprint density at radius 1 is 1.28 bits per heavy atom. The molecule has 2 aliphatic heterocycles. The Bertz CT molecular complexity index is 1120. The highest BCUT2D eigenvalue weighted by molar-refractivity contribution is 7.13. The number of rotatable bonds is 12. The van der Waals surface area contributed by atoms with E-state index in [0.717, 1.165) is 55.6 Å². The number of amides is 1. The van der Waals surface area contributed by atoms with Gasteiger partial charge in [-0.3, -0.25) is 9.69 Å². The monoisotopic (exact) mass is 557 g/mol. The van der Waals surface area contributed by atoms with E-state index < -0.39 is 0 Å². The highest BCUT2D eigenvalue weighted by Crippen LogP contribution is 2.30. The third-order valence-electron chi connectivity index (χ3n) is 7.39. The van der Waals surface area contributed by atoms with Crippen LogP contribution in [0, 0.1) is 5.92 Å². The number of carbonyl (C=O) groups excluding carboxylic acids is 1. The molecule has 0 radical (unpaired) electrons. The molecule has 39 heavy (non-hydrogen) atoms. The van der Waals surface area contributed by atoms with Crippen LogP contribution >= 0.6 is 11.3 Å². The first-order valence-corrected chi connectivity index (χ1v) is 14.6. The minimum absolute atomic E-state index is 0.0649. The van der Waals surface area contributed by atoms with E-state index in [1.54, 1.807) is 25.6 Å². The summed E-state index contributed by atoms with van der Waals surface area (Å²) in [5.41, 5.74) is 3.73. The van der Waals surface area contributed by atoms with Gasteiger partial charge in [0.1, 0.15) is 0 Å². The van der Waals surface area contributed by atoms with Gasteiger partial charge < -0.3 is 29.7 Å². The van der Waals surface area contributed by atoms with Crippen molar-refractivity contribution in [2.45, 2.75) is 38.8 Å². The maximum Gasteiger partial charge on any atom is 0.253 e. The molecule has 9 nitrogen and oxygen atoms in total. The van der Waals surface area contributed by atoms with Crippen LogP contribution in [-0.4, -0.2) is 88.2 Å². The van der Waals surface area contributed by atoms with Gasteiger partial charge in [0, 0.05) is 57.9 Å². The largest absolute Gasteiger partial charge is 0.384 e. The number of aromatic nitrogens is 1. The fourth-order valence-electron chi connectivity index (χ4n) is 5.14.